The van der Waals surface area contributed by atoms with Crippen molar-refractivity contribution in [2.45, 2.75) is 13.0 Å². The van der Waals surface area contributed by atoms with Crippen molar-refractivity contribution in [2.75, 3.05) is 0 Å². The van der Waals surface area contributed by atoms with Crippen molar-refractivity contribution in [3.8, 4) is 0 Å². The van der Waals surface area contributed by atoms with Gasteiger partial charge in [0.2, 0.25) is 0 Å². The average molecular weight is 255 g/mol. The van der Waals surface area contributed by atoms with E-state index < -0.39 is 41.0 Å². The zero-order chi connectivity index (χ0) is 12.3. The summed E-state index contributed by atoms with van der Waals surface area (Å²) in [5.41, 5.74) is -0.799. The van der Waals surface area contributed by atoms with Crippen molar-refractivity contribution < 1.29 is 22.7 Å². The van der Waals surface area contributed by atoms with Crippen LogP contribution >= 0.6 is 11.6 Å². The molecule has 0 bridgehead atoms. The predicted molar refractivity (Wildman–Crippen MR) is 50.9 cm³/mol. The molecular formula is C10H7ClF4O. The number of halogens is 5. The van der Waals surface area contributed by atoms with Gasteiger partial charge in [0.05, 0.1) is 12.2 Å². The van der Waals surface area contributed by atoms with Crippen LogP contribution in [0.2, 0.25) is 0 Å². The van der Waals surface area contributed by atoms with Crippen LogP contribution in [-0.2, 0) is 13.0 Å². The second-order valence-electron chi connectivity index (χ2n) is 2.94. The Bertz CT molecular complexity index is 402. The first-order valence-electron chi connectivity index (χ1n) is 4.24. The van der Waals surface area contributed by atoms with Gasteiger partial charge in [-0.25, -0.2) is 17.6 Å². The molecule has 0 aromatic heterocycles. The lowest BCUT2D eigenvalue weighted by molar-refractivity contribution is 0.262. The van der Waals surface area contributed by atoms with Crippen LogP contribution in [0.5, 0.6) is 0 Å². The van der Waals surface area contributed by atoms with Crippen molar-refractivity contribution in [1.29, 1.82) is 0 Å². The predicted octanol–water partition coefficient (Wildman–Crippen LogP) is 3.03. The smallest absolute Gasteiger partial charge is 0.167 e. The first kappa shape index (κ1) is 13.0. The van der Waals surface area contributed by atoms with E-state index in [9.17, 15) is 17.6 Å². The number of hydrogen-bond acceptors (Lipinski definition) is 1. The summed E-state index contributed by atoms with van der Waals surface area (Å²) in [6, 6.07) is 0. The minimum atomic E-state index is -1.58. The van der Waals surface area contributed by atoms with Crippen LogP contribution in [0.3, 0.4) is 0 Å². The maximum atomic E-state index is 13.2. The minimum Gasteiger partial charge on any atom is -0.391 e. The third kappa shape index (κ3) is 2.20. The number of rotatable bonds is 3. The number of aliphatic hydroxyl groups is 1. The Kier molecular flexibility index (Phi) is 4.32. The van der Waals surface area contributed by atoms with E-state index in [0.29, 0.717) is 0 Å². The molecule has 0 aliphatic heterocycles. The van der Waals surface area contributed by atoms with E-state index in [-0.39, 0.29) is 6.42 Å². The van der Waals surface area contributed by atoms with Gasteiger partial charge in [-0.1, -0.05) is 17.7 Å². The molecule has 0 amide bonds. The molecule has 0 heterocycles. The topological polar surface area (TPSA) is 20.2 Å². The van der Waals surface area contributed by atoms with E-state index in [2.05, 4.69) is 0 Å². The summed E-state index contributed by atoms with van der Waals surface area (Å²) < 4.78 is 52.8. The molecule has 1 aromatic rings. The van der Waals surface area contributed by atoms with Crippen LogP contribution in [0.4, 0.5) is 17.6 Å². The van der Waals surface area contributed by atoms with Gasteiger partial charge < -0.3 is 5.11 Å². The van der Waals surface area contributed by atoms with Gasteiger partial charge in [-0.15, -0.1) is 0 Å². The SMILES string of the molecule is OCc1c(F)c(F)c(C/C=C\Cl)c(F)c1F. The van der Waals surface area contributed by atoms with E-state index in [4.69, 9.17) is 16.7 Å². The van der Waals surface area contributed by atoms with Crippen molar-refractivity contribution in [3.05, 3.63) is 46.0 Å². The van der Waals surface area contributed by atoms with Crippen molar-refractivity contribution in [3.63, 3.8) is 0 Å². The minimum absolute atomic E-state index is 0.374. The maximum absolute atomic E-state index is 13.2. The molecule has 0 saturated heterocycles. The molecule has 1 N–H and O–H groups in total. The van der Waals surface area contributed by atoms with Crippen LogP contribution in [0, 0.1) is 23.3 Å². The molecule has 0 spiro atoms. The van der Waals surface area contributed by atoms with Crippen molar-refractivity contribution >= 4 is 11.6 Å². The monoisotopic (exact) mass is 254 g/mol. The van der Waals surface area contributed by atoms with Crippen LogP contribution < -0.4 is 0 Å². The Morgan fingerprint density at radius 1 is 0.938 bits per heavy atom. The Morgan fingerprint density at radius 3 is 1.75 bits per heavy atom. The quantitative estimate of drug-likeness (QED) is 0.649. The fourth-order valence-corrected chi connectivity index (χ4v) is 1.29. The maximum Gasteiger partial charge on any atom is 0.167 e. The molecule has 1 nitrogen and oxygen atoms in total. The average Bonchev–Trinajstić information content (AvgIpc) is 2.27. The number of benzene rings is 1. The molecule has 0 fully saturated rings. The molecule has 0 atom stereocenters. The van der Waals surface area contributed by atoms with Crippen molar-refractivity contribution in [1.82, 2.24) is 0 Å². The Balaban J connectivity index is 3.40. The van der Waals surface area contributed by atoms with Gasteiger partial charge in [0.1, 0.15) is 0 Å². The fraction of sp³-hybridized carbons (Fsp3) is 0.200. The second-order valence-corrected chi connectivity index (χ2v) is 3.19. The Hall–Kier alpha value is -1.07. The molecule has 16 heavy (non-hydrogen) atoms. The number of aliphatic hydroxyl groups excluding tert-OH is 1. The molecule has 88 valence electrons. The first-order valence-corrected chi connectivity index (χ1v) is 4.68. The van der Waals surface area contributed by atoms with E-state index in [0.717, 1.165) is 11.6 Å². The van der Waals surface area contributed by atoms with Crippen LogP contribution in [0.25, 0.3) is 0 Å². The molecule has 1 rings (SSSR count). The van der Waals surface area contributed by atoms with Crippen LogP contribution in [0.1, 0.15) is 11.1 Å². The van der Waals surface area contributed by atoms with E-state index in [1.54, 1.807) is 0 Å². The summed E-state index contributed by atoms with van der Waals surface area (Å²) in [5.74, 6) is -6.20. The third-order valence-electron chi connectivity index (χ3n) is 2.01. The summed E-state index contributed by atoms with van der Waals surface area (Å²) in [6.07, 6.45) is 0.765. The molecular weight excluding hydrogens is 248 g/mol. The number of allylic oxidation sites excluding steroid dienone is 1. The largest absolute Gasteiger partial charge is 0.391 e. The van der Waals surface area contributed by atoms with Gasteiger partial charge in [-0.2, -0.15) is 0 Å². The van der Waals surface area contributed by atoms with Gasteiger partial charge in [0.15, 0.2) is 23.3 Å². The molecule has 0 radical (unpaired) electrons. The summed E-state index contributed by atoms with van der Waals surface area (Å²) >= 11 is 5.14. The zero-order valence-electron chi connectivity index (χ0n) is 7.91. The highest BCUT2D eigenvalue weighted by atomic mass is 35.5. The third-order valence-corrected chi connectivity index (χ3v) is 2.19. The highest BCUT2D eigenvalue weighted by Gasteiger charge is 2.23. The molecule has 1 aromatic carbocycles. The lowest BCUT2D eigenvalue weighted by atomic mass is 10.1. The number of hydrogen-bond donors (Lipinski definition) is 1. The van der Waals surface area contributed by atoms with Gasteiger partial charge in [-0.3, -0.25) is 0 Å². The molecule has 0 saturated carbocycles. The zero-order valence-corrected chi connectivity index (χ0v) is 8.66. The standard InChI is InChI=1S/C10H7ClF4O/c11-3-1-2-5-7(12)9(14)6(4-16)10(15)8(5)13/h1,3,16H,2,4H2/b3-1-. The van der Waals surface area contributed by atoms with Gasteiger partial charge >= 0.3 is 0 Å². The normalized spacial score (nSPS) is 11.4. The van der Waals surface area contributed by atoms with E-state index >= 15 is 0 Å². The van der Waals surface area contributed by atoms with Crippen LogP contribution in [0.15, 0.2) is 11.6 Å². The summed E-state index contributed by atoms with van der Waals surface area (Å²) in [6.45, 7) is -1.11. The van der Waals surface area contributed by atoms with Gasteiger partial charge in [-0.05, 0) is 6.42 Å². The van der Waals surface area contributed by atoms with Crippen molar-refractivity contribution in [2.24, 2.45) is 0 Å². The highest BCUT2D eigenvalue weighted by molar-refractivity contribution is 6.25. The summed E-state index contributed by atoms with van der Waals surface area (Å²) in [7, 11) is 0. The van der Waals surface area contributed by atoms with Crippen LogP contribution in [-0.4, -0.2) is 5.11 Å². The second kappa shape index (κ2) is 5.32. The molecule has 0 aliphatic carbocycles. The lowest BCUT2D eigenvalue weighted by Gasteiger charge is -2.08. The Labute approximate surface area is 94.0 Å². The van der Waals surface area contributed by atoms with E-state index in [1.807, 2.05) is 0 Å². The van der Waals surface area contributed by atoms with Gasteiger partial charge in [0, 0.05) is 11.1 Å². The van der Waals surface area contributed by atoms with Gasteiger partial charge in [0.25, 0.3) is 0 Å². The highest BCUT2D eigenvalue weighted by Crippen LogP contribution is 2.24. The molecule has 0 unspecified atom stereocenters. The Morgan fingerprint density at radius 2 is 1.38 bits per heavy atom. The lowest BCUT2D eigenvalue weighted by Crippen LogP contribution is -2.08. The van der Waals surface area contributed by atoms with E-state index in [1.165, 1.54) is 0 Å². The first-order chi connectivity index (χ1) is 7.54. The fourth-order valence-electron chi connectivity index (χ4n) is 1.20. The summed E-state index contributed by atoms with van der Waals surface area (Å²) in [5, 5.41) is 8.57. The molecule has 0 aliphatic rings. The molecule has 6 heteroatoms. The summed E-state index contributed by atoms with van der Waals surface area (Å²) in [4.78, 5) is 0.